The highest BCUT2D eigenvalue weighted by atomic mass is 19.1. The van der Waals surface area contributed by atoms with E-state index in [4.69, 9.17) is 0 Å². The molecule has 1 aliphatic carbocycles. The summed E-state index contributed by atoms with van der Waals surface area (Å²) in [4.78, 5) is 13.6. The van der Waals surface area contributed by atoms with Crippen LogP contribution in [0.15, 0.2) is 24.3 Å². The molecule has 2 rings (SSSR count). The number of ketones is 1. The van der Waals surface area contributed by atoms with Crippen LogP contribution in [-0.2, 0) is 4.79 Å². The molecule has 18 heavy (non-hydrogen) atoms. The van der Waals surface area contributed by atoms with E-state index < -0.39 is 0 Å². The van der Waals surface area contributed by atoms with Crippen LogP contribution in [0.4, 0.5) is 4.39 Å². The average Bonchev–Trinajstić information content (AvgIpc) is 2.37. The molecule has 1 fully saturated rings. The lowest BCUT2D eigenvalue weighted by atomic mass is 9.91. The Morgan fingerprint density at radius 1 is 1.39 bits per heavy atom. The number of halogens is 1. The summed E-state index contributed by atoms with van der Waals surface area (Å²) in [6, 6.07) is 7.13. The summed E-state index contributed by atoms with van der Waals surface area (Å²) in [6.07, 6.45) is 3.30. The number of rotatable bonds is 3. The highest BCUT2D eigenvalue weighted by molar-refractivity contribution is 5.79. The van der Waals surface area contributed by atoms with E-state index in [1.54, 1.807) is 6.07 Å². The van der Waals surface area contributed by atoms with Gasteiger partial charge in [0.25, 0.3) is 0 Å². The van der Waals surface area contributed by atoms with Gasteiger partial charge in [-0.1, -0.05) is 18.2 Å². The van der Waals surface area contributed by atoms with Gasteiger partial charge in [0.05, 0.1) is 0 Å². The highest BCUT2D eigenvalue weighted by Crippen LogP contribution is 2.28. The van der Waals surface area contributed by atoms with Crippen LogP contribution in [0.1, 0.15) is 44.2 Å². The number of Topliss-reactive ketones (excluding diaryl/α,β-unsaturated/α-hetero) is 1. The van der Waals surface area contributed by atoms with E-state index in [-0.39, 0.29) is 17.9 Å². The largest absolute Gasteiger partial charge is 0.300 e. The molecule has 0 radical (unpaired) electrons. The van der Waals surface area contributed by atoms with Gasteiger partial charge in [-0.2, -0.15) is 0 Å². The minimum absolute atomic E-state index is 0.00194. The third-order valence-electron chi connectivity index (χ3n) is 4.00. The molecule has 0 amide bonds. The summed E-state index contributed by atoms with van der Waals surface area (Å²) in [5, 5.41) is 0. The van der Waals surface area contributed by atoms with Crippen molar-refractivity contribution < 1.29 is 9.18 Å². The van der Waals surface area contributed by atoms with Crippen LogP contribution in [0.25, 0.3) is 0 Å². The minimum atomic E-state index is -0.168. The van der Waals surface area contributed by atoms with E-state index in [1.807, 2.05) is 26.1 Å². The lowest BCUT2D eigenvalue weighted by Crippen LogP contribution is -2.38. The summed E-state index contributed by atoms with van der Waals surface area (Å²) in [5.41, 5.74) is 0.707. The van der Waals surface area contributed by atoms with Gasteiger partial charge in [-0.15, -0.1) is 0 Å². The maximum Gasteiger partial charge on any atom is 0.134 e. The van der Waals surface area contributed by atoms with Gasteiger partial charge >= 0.3 is 0 Å². The first kappa shape index (κ1) is 13.2. The van der Waals surface area contributed by atoms with E-state index >= 15 is 0 Å². The molecule has 2 atom stereocenters. The fraction of sp³-hybridized carbons (Fsp3) is 0.533. The Morgan fingerprint density at radius 2 is 2.11 bits per heavy atom. The number of hydrogen-bond donors (Lipinski definition) is 0. The quantitative estimate of drug-likeness (QED) is 0.819. The third-order valence-corrected chi connectivity index (χ3v) is 4.00. The van der Waals surface area contributed by atoms with Gasteiger partial charge in [-0.3, -0.25) is 9.69 Å². The predicted molar refractivity (Wildman–Crippen MR) is 69.8 cm³/mol. The third kappa shape index (κ3) is 2.78. The van der Waals surface area contributed by atoms with E-state index in [0.717, 1.165) is 12.8 Å². The summed E-state index contributed by atoms with van der Waals surface area (Å²) >= 11 is 0. The van der Waals surface area contributed by atoms with Crippen molar-refractivity contribution in [1.82, 2.24) is 4.90 Å². The van der Waals surface area contributed by atoms with Gasteiger partial charge in [0.15, 0.2) is 0 Å². The SMILES string of the molecule is CC(c1ccccc1F)N(C)C1CCCC(=O)C1. The second kappa shape index (κ2) is 5.61. The fourth-order valence-electron chi connectivity index (χ4n) is 2.70. The van der Waals surface area contributed by atoms with Gasteiger partial charge in [0, 0.05) is 30.5 Å². The highest BCUT2D eigenvalue weighted by Gasteiger charge is 2.27. The van der Waals surface area contributed by atoms with Crippen LogP contribution in [-0.4, -0.2) is 23.8 Å². The normalized spacial score (nSPS) is 22.2. The average molecular weight is 249 g/mol. The lowest BCUT2D eigenvalue weighted by molar-refractivity contribution is -0.122. The molecule has 0 bridgehead atoms. The molecule has 1 aromatic carbocycles. The number of hydrogen-bond acceptors (Lipinski definition) is 2. The van der Waals surface area contributed by atoms with Crippen molar-refractivity contribution in [3.63, 3.8) is 0 Å². The van der Waals surface area contributed by atoms with Crippen LogP contribution < -0.4 is 0 Å². The lowest BCUT2D eigenvalue weighted by Gasteiger charge is -2.35. The summed E-state index contributed by atoms with van der Waals surface area (Å²) in [5.74, 6) is 0.165. The van der Waals surface area contributed by atoms with E-state index in [9.17, 15) is 9.18 Å². The molecule has 0 aromatic heterocycles. The predicted octanol–water partition coefficient (Wildman–Crippen LogP) is 3.33. The molecule has 0 saturated heterocycles. The molecule has 0 N–H and O–H groups in total. The molecule has 0 spiro atoms. The van der Waals surface area contributed by atoms with Crippen molar-refractivity contribution in [3.8, 4) is 0 Å². The first-order valence-corrected chi connectivity index (χ1v) is 6.57. The zero-order valence-corrected chi connectivity index (χ0v) is 11.0. The molecule has 1 aromatic rings. The number of carbonyl (C=O) groups excluding carboxylic acids is 1. The van der Waals surface area contributed by atoms with Crippen molar-refractivity contribution >= 4 is 5.78 Å². The van der Waals surface area contributed by atoms with Crippen molar-refractivity contribution in [3.05, 3.63) is 35.6 Å². The van der Waals surface area contributed by atoms with Gasteiger partial charge in [-0.25, -0.2) is 4.39 Å². The van der Waals surface area contributed by atoms with E-state index in [0.29, 0.717) is 24.2 Å². The van der Waals surface area contributed by atoms with Gasteiger partial charge in [0.2, 0.25) is 0 Å². The zero-order valence-electron chi connectivity index (χ0n) is 11.0. The molecule has 0 heterocycles. The minimum Gasteiger partial charge on any atom is -0.300 e. The maximum atomic E-state index is 13.8. The standard InChI is InChI=1S/C15H20FNO/c1-11(14-8-3-4-9-15(14)16)17(2)12-6-5-7-13(18)10-12/h3-4,8-9,11-12H,5-7,10H2,1-2H3. The first-order valence-electron chi connectivity index (χ1n) is 6.57. The van der Waals surface area contributed by atoms with Crippen molar-refractivity contribution in [2.24, 2.45) is 0 Å². The Labute approximate surface area is 108 Å². The van der Waals surface area contributed by atoms with Crippen LogP contribution >= 0.6 is 0 Å². The number of nitrogens with zero attached hydrogens (tertiary/aromatic N) is 1. The zero-order chi connectivity index (χ0) is 13.1. The topological polar surface area (TPSA) is 20.3 Å². The molecule has 1 saturated carbocycles. The molecule has 98 valence electrons. The Morgan fingerprint density at radius 3 is 2.78 bits per heavy atom. The molecule has 1 aliphatic rings. The van der Waals surface area contributed by atoms with Crippen LogP contribution in [0.5, 0.6) is 0 Å². The molecule has 2 unspecified atom stereocenters. The number of carbonyl (C=O) groups is 1. The molecular weight excluding hydrogens is 229 g/mol. The van der Waals surface area contributed by atoms with Crippen LogP contribution in [0, 0.1) is 5.82 Å². The van der Waals surface area contributed by atoms with E-state index in [2.05, 4.69) is 4.90 Å². The van der Waals surface area contributed by atoms with Crippen LogP contribution in [0.3, 0.4) is 0 Å². The maximum absolute atomic E-state index is 13.8. The van der Waals surface area contributed by atoms with Crippen molar-refractivity contribution in [2.45, 2.75) is 44.7 Å². The Balaban J connectivity index is 2.11. The number of benzene rings is 1. The first-order chi connectivity index (χ1) is 8.59. The Kier molecular flexibility index (Phi) is 4.12. The smallest absolute Gasteiger partial charge is 0.134 e. The molecule has 0 aliphatic heterocycles. The summed E-state index contributed by atoms with van der Waals surface area (Å²) in [6.45, 7) is 2.00. The van der Waals surface area contributed by atoms with Gasteiger partial charge in [-0.05, 0) is 32.9 Å². The monoisotopic (exact) mass is 249 g/mol. The molecule has 2 nitrogen and oxygen atoms in total. The van der Waals surface area contributed by atoms with E-state index in [1.165, 1.54) is 6.07 Å². The van der Waals surface area contributed by atoms with Crippen molar-refractivity contribution in [1.29, 1.82) is 0 Å². The fourth-order valence-corrected chi connectivity index (χ4v) is 2.70. The molecular formula is C15H20FNO. The van der Waals surface area contributed by atoms with Gasteiger partial charge in [0.1, 0.15) is 11.6 Å². The Bertz CT molecular complexity index is 432. The second-order valence-electron chi connectivity index (χ2n) is 5.15. The Hall–Kier alpha value is -1.22. The summed E-state index contributed by atoms with van der Waals surface area (Å²) < 4.78 is 13.8. The van der Waals surface area contributed by atoms with Gasteiger partial charge < -0.3 is 0 Å². The van der Waals surface area contributed by atoms with Crippen LogP contribution in [0.2, 0.25) is 0 Å². The second-order valence-corrected chi connectivity index (χ2v) is 5.15. The van der Waals surface area contributed by atoms with Crippen molar-refractivity contribution in [2.75, 3.05) is 7.05 Å². The summed E-state index contributed by atoms with van der Waals surface area (Å²) in [7, 11) is 1.99. The molecule has 3 heteroatoms.